The maximum atomic E-state index is 12.4. The van der Waals surface area contributed by atoms with Gasteiger partial charge in [0.2, 0.25) is 0 Å². The van der Waals surface area contributed by atoms with E-state index in [0.717, 1.165) is 47.8 Å². The zero-order chi connectivity index (χ0) is 19.6. The van der Waals surface area contributed by atoms with Crippen LogP contribution >= 0.6 is 0 Å². The average Bonchev–Trinajstić information content (AvgIpc) is 3.51. The number of carbonyl (C=O) groups excluding carboxylic acids is 1. The number of H-pyrrole nitrogens is 1. The molecule has 0 radical (unpaired) electrons. The van der Waals surface area contributed by atoms with Crippen LogP contribution < -0.4 is 16.0 Å². The topological polar surface area (TPSA) is 99.1 Å². The van der Waals surface area contributed by atoms with Crippen molar-refractivity contribution in [3.05, 3.63) is 66.7 Å². The quantitative estimate of drug-likeness (QED) is 0.422. The SMILES string of the molecule is O=C(NC1CCNC1)c1ccc(Nc2ccc(-c3cn[nH]c3)n3ccnc23)cc1. The van der Waals surface area contributed by atoms with Gasteiger partial charge in [-0.1, -0.05) is 0 Å². The van der Waals surface area contributed by atoms with Crippen molar-refractivity contribution in [3.63, 3.8) is 0 Å². The molecule has 3 aromatic heterocycles. The van der Waals surface area contributed by atoms with Crippen molar-refractivity contribution in [2.75, 3.05) is 18.4 Å². The number of fused-ring (bicyclic) bond motifs is 1. The van der Waals surface area contributed by atoms with E-state index in [0.29, 0.717) is 5.56 Å². The number of hydrogen-bond acceptors (Lipinski definition) is 5. The summed E-state index contributed by atoms with van der Waals surface area (Å²) in [6, 6.07) is 11.7. The van der Waals surface area contributed by atoms with Gasteiger partial charge >= 0.3 is 0 Å². The van der Waals surface area contributed by atoms with Crippen LogP contribution in [0.4, 0.5) is 11.4 Å². The number of hydrogen-bond donors (Lipinski definition) is 4. The Morgan fingerprint density at radius 2 is 2.07 bits per heavy atom. The molecule has 0 saturated carbocycles. The lowest BCUT2D eigenvalue weighted by Gasteiger charge is -2.13. The Hall–Kier alpha value is -3.65. The van der Waals surface area contributed by atoms with Crippen molar-refractivity contribution < 1.29 is 4.79 Å². The fraction of sp³-hybridized carbons (Fsp3) is 0.190. The molecule has 4 N–H and O–H groups in total. The lowest BCUT2D eigenvalue weighted by atomic mass is 10.1. The van der Waals surface area contributed by atoms with Crippen LogP contribution in [0.2, 0.25) is 0 Å². The van der Waals surface area contributed by atoms with Crippen molar-refractivity contribution in [3.8, 4) is 11.3 Å². The minimum Gasteiger partial charge on any atom is -0.352 e. The fourth-order valence-electron chi connectivity index (χ4n) is 3.65. The van der Waals surface area contributed by atoms with E-state index < -0.39 is 0 Å². The number of nitrogens with zero attached hydrogens (tertiary/aromatic N) is 3. The molecule has 5 rings (SSSR count). The summed E-state index contributed by atoms with van der Waals surface area (Å²) < 4.78 is 2.02. The van der Waals surface area contributed by atoms with Crippen LogP contribution in [0, 0.1) is 0 Å². The van der Waals surface area contributed by atoms with Gasteiger partial charge in [-0.15, -0.1) is 0 Å². The second kappa shape index (κ2) is 7.40. The van der Waals surface area contributed by atoms with Crippen molar-refractivity contribution in [2.24, 2.45) is 0 Å². The molecule has 1 aromatic carbocycles. The summed E-state index contributed by atoms with van der Waals surface area (Å²) in [6.45, 7) is 1.79. The summed E-state index contributed by atoms with van der Waals surface area (Å²) in [7, 11) is 0. The molecule has 1 amide bonds. The number of benzene rings is 1. The molecule has 4 aromatic rings. The van der Waals surface area contributed by atoms with E-state index in [2.05, 4.69) is 31.1 Å². The first-order valence-corrected chi connectivity index (χ1v) is 9.62. The Bertz CT molecular complexity index is 1130. The summed E-state index contributed by atoms with van der Waals surface area (Å²) >= 11 is 0. The normalized spacial score (nSPS) is 16.2. The van der Waals surface area contributed by atoms with Crippen LogP contribution in [0.25, 0.3) is 16.9 Å². The lowest BCUT2D eigenvalue weighted by molar-refractivity contribution is 0.0940. The molecule has 0 bridgehead atoms. The lowest BCUT2D eigenvalue weighted by Crippen LogP contribution is -2.36. The summed E-state index contributed by atoms with van der Waals surface area (Å²) in [4.78, 5) is 16.9. The third-order valence-corrected chi connectivity index (χ3v) is 5.16. The van der Waals surface area contributed by atoms with Crippen molar-refractivity contribution in [1.29, 1.82) is 0 Å². The predicted octanol–water partition coefficient (Wildman–Crippen LogP) is 2.56. The van der Waals surface area contributed by atoms with Gasteiger partial charge in [0.05, 0.1) is 17.6 Å². The van der Waals surface area contributed by atoms with Crippen LogP contribution in [0.3, 0.4) is 0 Å². The molecule has 1 unspecified atom stereocenters. The number of anilines is 2. The standard InChI is InChI=1S/C21H21N7O/c29-21(27-17-7-8-22-13-17)14-1-3-16(4-2-14)26-18-5-6-19(15-11-24-25-12-15)28-10-9-23-20(18)28/h1-6,9-12,17,22,26H,7-8,13H2,(H,24,25)(H,27,29). The van der Waals surface area contributed by atoms with E-state index in [1.165, 1.54) is 0 Å². The van der Waals surface area contributed by atoms with Crippen LogP contribution in [0.15, 0.2) is 61.2 Å². The highest BCUT2D eigenvalue weighted by molar-refractivity contribution is 5.95. The number of carbonyl (C=O) groups is 1. The first kappa shape index (κ1) is 17.4. The molecule has 0 aliphatic carbocycles. The Labute approximate surface area is 167 Å². The molecule has 8 nitrogen and oxygen atoms in total. The molecule has 4 heterocycles. The first-order valence-electron chi connectivity index (χ1n) is 9.62. The fourth-order valence-corrected chi connectivity index (χ4v) is 3.65. The highest BCUT2D eigenvalue weighted by Crippen LogP contribution is 2.27. The smallest absolute Gasteiger partial charge is 0.251 e. The van der Waals surface area contributed by atoms with E-state index in [9.17, 15) is 4.79 Å². The number of rotatable bonds is 5. The Morgan fingerprint density at radius 1 is 1.17 bits per heavy atom. The summed E-state index contributed by atoms with van der Waals surface area (Å²) in [5, 5.41) is 16.6. The molecule has 1 aliphatic heterocycles. The molecule has 1 aliphatic rings. The van der Waals surface area contributed by atoms with Crippen molar-refractivity contribution in [2.45, 2.75) is 12.5 Å². The molecule has 8 heteroatoms. The van der Waals surface area contributed by atoms with Crippen molar-refractivity contribution >= 4 is 22.9 Å². The summed E-state index contributed by atoms with van der Waals surface area (Å²) in [6.07, 6.45) is 8.31. The van der Waals surface area contributed by atoms with Gasteiger partial charge in [-0.2, -0.15) is 5.10 Å². The van der Waals surface area contributed by atoms with E-state index in [1.54, 1.807) is 12.4 Å². The summed E-state index contributed by atoms with van der Waals surface area (Å²) in [5.74, 6) is -0.0367. The number of aromatic nitrogens is 4. The zero-order valence-electron chi connectivity index (χ0n) is 15.7. The Kier molecular flexibility index (Phi) is 4.45. The van der Waals surface area contributed by atoms with Gasteiger partial charge in [0.1, 0.15) is 0 Å². The van der Waals surface area contributed by atoms with Gasteiger partial charge in [-0.05, 0) is 49.4 Å². The largest absolute Gasteiger partial charge is 0.352 e. The Balaban J connectivity index is 1.35. The number of amides is 1. The average molecular weight is 387 g/mol. The number of imidazole rings is 1. The number of aromatic amines is 1. The highest BCUT2D eigenvalue weighted by atomic mass is 16.1. The van der Waals surface area contributed by atoms with Crippen LogP contribution in [0.1, 0.15) is 16.8 Å². The van der Waals surface area contributed by atoms with Gasteiger partial charge in [-0.25, -0.2) is 4.98 Å². The third-order valence-electron chi connectivity index (χ3n) is 5.16. The van der Waals surface area contributed by atoms with Gasteiger partial charge in [0.25, 0.3) is 5.91 Å². The first-order chi connectivity index (χ1) is 14.3. The van der Waals surface area contributed by atoms with Gasteiger partial charge in [0.15, 0.2) is 5.65 Å². The maximum Gasteiger partial charge on any atom is 0.251 e. The molecule has 1 atom stereocenters. The van der Waals surface area contributed by atoms with E-state index in [-0.39, 0.29) is 11.9 Å². The Morgan fingerprint density at radius 3 is 2.83 bits per heavy atom. The number of nitrogens with one attached hydrogen (secondary N) is 4. The number of pyridine rings is 1. The molecule has 1 fully saturated rings. The van der Waals surface area contributed by atoms with Gasteiger partial charge < -0.3 is 16.0 Å². The van der Waals surface area contributed by atoms with Gasteiger partial charge in [0, 0.05) is 48.0 Å². The van der Waals surface area contributed by atoms with Crippen LogP contribution in [0.5, 0.6) is 0 Å². The molecule has 1 saturated heterocycles. The zero-order valence-corrected chi connectivity index (χ0v) is 15.7. The molecule has 146 valence electrons. The van der Waals surface area contributed by atoms with E-state index >= 15 is 0 Å². The second-order valence-corrected chi connectivity index (χ2v) is 7.11. The van der Waals surface area contributed by atoms with E-state index in [4.69, 9.17) is 0 Å². The van der Waals surface area contributed by atoms with Crippen LogP contribution in [-0.4, -0.2) is 44.6 Å². The predicted molar refractivity (Wildman–Crippen MR) is 111 cm³/mol. The second-order valence-electron chi connectivity index (χ2n) is 7.11. The van der Waals surface area contributed by atoms with E-state index in [1.807, 2.05) is 53.2 Å². The summed E-state index contributed by atoms with van der Waals surface area (Å²) in [5.41, 5.74) is 5.25. The molecular weight excluding hydrogens is 366 g/mol. The minimum atomic E-state index is -0.0367. The van der Waals surface area contributed by atoms with Gasteiger partial charge in [-0.3, -0.25) is 14.3 Å². The highest BCUT2D eigenvalue weighted by Gasteiger charge is 2.17. The molecule has 29 heavy (non-hydrogen) atoms. The van der Waals surface area contributed by atoms with Crippen LogP contribution in [-0.2, 0) is 0 Å². The molecular formula is C21H21N7O. The third kappa shape index (κ3) is 3.45. The minimum absolute atomic E-state index is 0.0367. The maximum absolute atomic E-state index is 12.4. The molecule has 0 spiro atoms. The monoisotopic (exact) mass is 387 g/mol. The van der Waals surface area contributed by atoms with Crippen molar-refractivity contribution in [1.82, 2.24) is 30.2 Å².